The lowest BCUT2D eigenvalue weighted by molar-refractivity contribution is 0.600. The average molecular weight is 280 g/mol. The third-order valence-corrected chi connectivity index (χ3v) is 5.96. The monoisotopic (exact) mass is 280 g/mol. The van der Waals surface area contributed by atoms with Crippen LogP contribution in [0, 0.1) is 0 Å². The molecule has 1 unspecified atom stereocenters. The molecule has 1 N–H and O–H groups in total. The second-order valence-electron chi connectivity index (χ2n) is 5.50. The van der Waals surface area contributed by atoms with Crippen LogP contribution in [0.15, 0.2) is 18.2 Å². The molecule has 0 aromatic heterocycles. The fourth-order valence-corrected chi connectivity index (χ4v) is 4.87. The first-order valence-corrected chi connectivity index (χ1v) is 8.68. The first-order chi connectivity index (χ1) is 9.07. The molecule has 2 aliphatic rings. The number of anilines is 2. The molecule has 19 heavy (non-hydrogen) atoms. The quantitative estimate of drug-likeness (QED) is 0.895. The Bertz CT molecular complexity index is 583. The summed E-state index contributed by atoms with van der Waals surface area (Å²) in [7, 11) is -0.804. The van der Waals surface area contributed by atoms with Crippen LogP contribution in [0.2, 0.25) is 0 Å². The van der Waals surface area contributed by atoms with Crippen LogP contribution in [-0.2, 0) is 16.3 Å². The minimum atomic E-state index is -2.83. The van der Waals surface area contributed by atoms with Gasteiger partial charge in [-0.25, -0.2) is 8.42 Å². The highest BCUT2D eigenvalue weighted by Gasteiger charge is 2.31. The highest BCUT2D eigenvalue weighted by Crippen LogP contribution is 2.33. The van der Waals surface area contributed by atoms with Gasteiger partial charge >= 0.3 is 0 Å². The van der Waals surface area contributed by atoms with Crippen LogP contribution >= 0.6 is 0 Å². The summed E-state index contributed by atoms with van der Waals surface area (Å²) in [5.74, 6) is 0.621. The Balaban J connectivity index is 1.90. The van der Waals surface area contributed by atoms with Gasteiger partial charge in [0.05, 0.1) is 11.5 Å². The molecule has 1 aromatic carbocycles. The largest absolute Gasteiger partial charge is 0.385 e. The molecule has 0 spiro atoms. The highest BCUT2D eigenvalue weighted by molar-refractivity contribution is 7.91. The summed E-state index contributed by atoms with van der Waals surface area (Å²) in [6.07, 6.45) is 2.96. The van der Waals surface area contributed by atoms with Gasteiger partial charge in [-0.15, -0.1) is 0 Å². The smallest absolute Gasteiger partial charge is 0.152 e. The molecule has 3 rings (SSSR count). The van der Waals surface area contributed by atoms with Crippen molar-refractivity contribution in [2.75, 3.05) is 35.3 Å². The predicted octanol–water partition coefficient (Wildman–Crippen LogP) is 1.67. The zero-order valence-corrected chi connectivity index (χ0v) is 12.0. The minimum absolute atomic E-state index is 0.124. The maximum Gasteiger partial charge on any atom is 0.152 e. The van der Waals surface area contributed by atoms with Gasteiger partial charge in [0.15, 0.2) is 9.84 Å². The molecule has 0 bridgehead atoms. The SMILES string of the molecule is CN(c1cccc2c1CCCN2)C1CCS(=O)(=O)C1. The molecule has 4 nitrogen and oxygen atoms in total. The Morgan fingerprint density at radius 3 is 2.95 bits per heavy atom. The maximum atomic E-state index is 11.6. The van der Waals surface area contributed by atoms with Crippen molar-refractivity contribution in [1.82, 2.24) is 0 Å². The van der Waals surface area contributed by atoms with Crippen molar-refractivity contribution in [2.24, 2.45) is 0 Å². The molecule has 0 aliphatic carbocycles. The molecule has 1 saturated heterocycles. The van der Waals surface area contributed by atoms with E-state index in [-0.39, 0.29) is 6.04 Å². The average Bonchev–Trinajstić information content (AvgIpc) is 2.78. The standard InChI is InChI=1S/C14H20N2O2S/c1-16(11-7-9-19(17,18)10-11)14-6-2-5-13-12(14)4-3-8-15-13/h2,5-6,11,15H,3-4,7-10H2,1H3. The lowest BCUT2D eigenvalue weighted by Gasteiger charge is -2.30. The van der Waals surface area contributed by atoms with Gasteiger partial charge in [-0.1, -0.05) is 6.07 Å². The van der Waals surface area contributed by atoms with Crippen LogP contribution in [0.4, 0.5) is 11.4 Å². The van der Waals surface area contributed by atoms with Crippen LogP contribution in [-0.4, -0.2) is 39.6 Å². The second-order valence-corrected chi connectivity index (χ2v) is 7.73. The number of nitrogens with one attached hydrogen (secondary N) is 1. The maximum absolute atomic E-state index is 11.6. The fourth-order valence-electron chi connectivity index (χ4n) is 3.10. The molecule has 2 aliphatic heterocycles. The lowest BCUT2D eigenvalue weighted by Crippen LogP contribution is -2.33. The van der Waals surface area contributed by atoms with Crippen LogP contribution in [0.25, 0.3) is 0 Å². The minimum Gasteiger partial charge on any atom is -0.385 e. The molecule has 2 heterocycles. The summed E-state index contributed by atoms with van der Waals surface area (Å²) < 4.78 is 23.3. The highest BCUT2D eigenvalue weighted by atomic mass is 32.2. The van der Waals surface area contributed by atoms with Crippen LogP contribution in [0.1, 0.15) is 18.4 Å². The molecule has 5 heteroatoms. The van der Waals surface area contributed by atoms with Gasteiger partial charge in [-0.2, -0.15) is 0 Å². The van der Waals surface area contributed by atoms with Gasteiger partial charge in [0.2, 0.25) is 0 Å². The van der Waals surface area contributed by atoms with Crippen molar-refractivity contribution in [2.45, 2.75) is 25.3 Å². The van der Waals surface area contributed by atoms with Crippen molar-refractivity contribution >= 4 is 21.2 Å². The van der Waals surface area contributed by atoms with E-state index in [4.69, 9.17) is 0 Å². The Morgan fingerprint density at radius 2 is 2.21 bits per heavy atom. The Labute approximate surface area is 114 Å². The zero-order valence-electron chi connectivity index (χ0n) is 11.2. The first kappa shape index (κ1) is 12.8. The second kappa shape index (κ2) is 4.71. The molecule has 104 valence electrons. The van der Waals surface area contributed by atoms with Crippen molar-refractivity contribution < 1.29 is 8.42 Å². The number of hydrogen-bond acceptors (Lipinski definition) is 4. The number of sulfone groups is 1. The molecule has 0 saturated carbocycles. The van der Waals surface area contributed by atoms with E-state index < -0.39 is 9.84 Å². The lowest BCUT2D eigenvalue weighted by atomic mass is 10.00. The van der Waals surface area contributed by atoms with Gasteiger partial charge < -0.3 is 10.2 Å². The van der Waals surface area contributed by atoms with Crippen molar-refractivity contribution in [3.63, 3.8) is 0 Å². The summed E-state index contributed by atoms with van der Waals surface area (Å²) in [4.78, 5) is 2.16. The molecule has 0 amide bonds. The molecule has 1 aromatic rings. The van der Waals surface area contributed by atoms with Crippen LogP contribution in [0.5, 0.6) is 0 Å². The van der Waals surface area contributed by atoms with Crippen LogP contribution < -0.4 is 10.2 Å². The Kier molecular flexibility index (Phi) is 3.17. The van der Waals surface area contributed by atoms with Crippen molar-refractivity contribution in [3.05, 3.63) is 23.8 Å². The Hall–Kier alpha value is -1.23. The third-order valence-electron chi connectivity index (χ3n) is 4.21. The molecule has 1 atom stereocenters. The molecular formula is C14H20N2O2S. The number of rotatable bonds is 2. The van der Waals surface area contributed by atoms with Gasteiger partial charge in [0, 0.05) is 31.0 Å². The number of fused-ring (bicyclic) bond motifs is 1. The van der Waals surface area contributed by atoms with E-state index in [1.165, 1.54) is 16.9 Å². The molecular weight excluding hydrogens is 260 g/mol. The summed E-state index contributed by atoms with van der Waals surface area (Å²) in [6.45, 7) is 1.03. The number of benzene rings is 1. The zero-order chi connectivity index (χ0) is 13.5. The van der Waals surface area contributed by atoms with Crippen LogP contribution in [0.3, 0.4) is 0 Å². The summed E-state index contributed by atoms with van der Waals surface area (Å²) >= 11 is 0. The summed E-state index contributed by atoms with van der Waals surface area (Å²) in [5.41, 5.74) is 3.73. The van der Waals surface area contributed by atoms with E-state index in [9.17, 15) is 8.42 Å². The van der Waals surface area contributed by atoms with E-state index in [2.05, 4.69) is 22.3 Å². The van der Waals surface area contributed by atoms with Gasteiger partial charge in [0.1, 0.15) is 0 Å². The predicted molar refractivity (Wildman–Crippen MR) is 78.7 cm³/mol. The third kappa shape index (κ3) is 2.43. The number of nitrogens with zero attached hydrogens (tertiary/aromatic N) is 1. The van der Waals surface area contributed by atoms with Crippen molar-refractivity contribution in [1.29, 1.82) is 0 Å². The number of hydrogen-bond donors (Lipinski definition) is 1. The normalized spacial score (nSPS) is 24.6. The van der Waals surface area contributed by atoms with E-state index >= 15 is 0 Å². The first-order valence-electron chi connectivity index (χ1n) is 6.86. The fraction of sp³-hybridized carbons (Fsp3) is 0.571. The molecule has 1 fully saturated rings. The van der Waals surface area contributed by atoms with Gasteiger partial charge in [-0.05, 0) is 37.0 Å². The van der Waals surface area contributed by atoms with Gasteiger partial charge in [0.25, 0.3) is 0 Å². The molecule has 0 radical (unpaired) electrons. The summed E-state index contributed by atoms with van der Waals surface area (Å²) in [5, 5.41) is 3.42. The van der Waals surface area contributed by atoms with Gasteiger partial charge in [-0.3, -0.25) is 0 Å². The van der Waals surface area contributed by atoms with E-state index in [0.717, 1.165) is 25.8 Å². The van der Waals surface area contributed by atoms with E-state index in [1.807, 2.05) is 13.1 Å². The van der Waals surface area contributed by atoms with Crippen molar-refractivity contribution in [3.8, 4) is 0 Å². The summed E-state index contributed by atoms with van der Waals surface area (Å²) in [6, 6.07) is 6.39. The van der Waals surface area contributed by atoms with E-state index in [0.29, 0.717) is 11.5 Å². The van der Waals surface area contributed by atoms with E-state index in [1.54, 1.807) is 0 Å². The topological polar surface area (TPSA) is 49.4 Å². The Morgan fingerprint density at radius 1 is 1.37 bits per heavy atom.